The van der Waals surface area contributed by atoms with Crippen molar-refractivity contribution in [2.45, 2.75) is 19.4 Å². The zero-order valence-electron chi connectivity index (χ0n) is 12.6. The van der Waals surface area contributed by atoms with Gasteiger partial charge in [0.1, 0.15) is 0 Å². The van der Waals surface area contributed by atoms with E-state index in [0.29, 0.717) is 0 Å². The fourth-order valence-corrected chi connectivity index (χ4v) is 3.42. The lowest BCUT2D eigenvalue weighted by atomic mass is 10.00. The summed E-state index contributed by atoms with van der Waals surface area (Å²) >= 11 is 0. The number of aromatic amines is 1. The highest BCUT2D eigenvalue weighted by molar-refractivity contribution is 5.78. The van der Waals surface area contributed by atoms with Crippen LogP contribution < -0.4 is 0 Å². The third kappa shape index (κ3) is 2.88. The number of likely N-dealkylation sites (tertiary alicyclic amines) is 1. The minimum absolute atomic E-state index is 0.750. The first-order chi connectivity index (χ1) is 10.9. The summed E-state index contributed by atoms with van der Waals surface area (Å²) < 4.78 is 0. The summed E-state index contributed by atoms with van der Waals surface area (Å²) in [5.41, 5.74) is 3.84. The van der Waals surface area contributed by atoms with Gasteiger partial charge < -0.3 is 0 Å². The fourth-order valence-electron chi connectivity index (χ4n) is 3.42. The molecule has 1 aliphatic heterocycles. The number of pyridine rings is 1. The Morgan fingerprint density at radius 1 is 1.18 bits per heavy atom. The molecule has 3 heterocycles. The third-order valence-electron chi connectivity index (χ3n) is 4.53. The maximum Gasteiger partial charge on any atom is 0.0653 e. The zero-order valence-corrected chi connectivity index (χ0v) is 12.6. The molecule has 0 spiro atoms. The molecule has 0 bridgehead atoms. The molecule has 1 unspecified atom stereocenters. The summed E-state index contributed by atoms with van der Waals surface area (Å²) in [6, 6.07) is 10.8. The fraction of sp³-hybridized carbons (Fsp3) is 0.333. The average Bonchev–Trinajstić information content (AvgIpc) is 3.17. The Balaban J connectivity index is 1.38. The number of H-pyrrole nitrogens is 1. The summed E-state index contributed by atoms with van der Waals surface area (Å²) in [5.74, 6) is 0.750. The molecule has 4 heteroatoms. The second kappa shape index (κ2) is 5.89. The molecule has 0 amide bonds. The lowest BCUT2D eigenvalue weighted by Crippen LogP contribution is -2.20. The molecule has 1 aromatic carbocycles. The van der Waals surface area contributed by atoms with E-state index in [9.17, 15) is 0 Å². The molecule has 1 saturated heterocycles. The van der Waals surface area contributed by atoms with Crippen LogP contribution >= 0.6 is 0 Å². The van der Waals surface area contributed by atoms with Crippen LogP contribution in [-0.4, -0.2) is 33.2 Å². The van der Waals surface area contributed by atoms with E-state index in [-0.39, 0.29) is 0 Å². The smallest absolute Gasteiger partial charge is 0.0653 e. The standard InChI is InChI=1S/C18H20N4/c1-2-14(10-19-6-1)8-16-5-7-22(13-16)12-15-3-4-17-11-20-21-18(17)9-15/h1-4,6,9-11,16H,5,7-8,12-13H2,(H,20,21). The van der Waals surface area contributed by atoms with Gasteiger partial charge in [-0.1, -0.05) is 18.2 Å². The molecule has 1 fully saturated rings. The highest BCUT2D eigenvalue weighted by atomic mass is 15.1. The van der Waals surface area contributed by atoms with Gasteiger partial charge in [0.05, 0.1) is 11.7 Å². The number of benzene rings is 1. The van der Waals surface area contributed by atoms with E-state index >= 15 is 0 Å². The van der Waals surface area contributed by atoms with Crippen molar-refractivity contribution in [1.82, 2.24) is 20.1 Å². The monoisotopic (exact) mass is 292 g/mol. The summed E-state index contributed by atoms with van der Waals surface area (Å²) in [7, 11) is 0. The molecule has 1 N–H and O–H groups in total. The lowest BCUT2D eigenvalue weighted by Gasteiger charge is -2.16. The van der Waals surface area contributed by atoms with Crippen molar-refractivity contribution in [3.05, 3.63) is 60.0 Å². The lowest BCUT2D eigenvalue weighted by molar-refractivity contribution is 0.316. The number of rotatable bonds is 4. The largest absolute Gasteiger partial charge is 0.299 e. The van der Waals surface area contributed by atoms with Crippen LogP contribution in [0.4, 0.5) is 0 Å². The summed E-state index contributed by atoms with van der Waals surface area (Å²) in [4.78, 5) is 6.77. The van der Waals surface area contributed by atoms with Gasteiger partial charge in [0.2, 0.25) is 0 Å². The van der Waals surface area contributed by atoms with Gasteiger partial charge in [-0.05, 0) is 48.6 Å². The Morgan fingerprint density at radius 3 is 3.09 bits per heavy atom. The van der Waals surface area contributed by atoms with E-state index in [4.69, 9.17) is 0 Å². The normalized spacial score (nSPS) is 19.0. The van der Waals surface area contributed by atoms with E-state index < -0.39 is 0 Å². The van der Waals surface area contributed by atoms with Crippen molar-refractivity contribution >= 4 is 10.9 Å². The van der Waals surface area contributed by atoms with Crippen LogP contribution in [0, 0.1) is 5.92 Å². The van der Waals surface area contributed by atoms with E-state index in [1.165, 1.54) is 36.0 Å². The Bertz CT molecular complexity index is 750. The molecule has 22 heavy (non-hydrogen) atoms. The molecule has 3 aromatic rings. The Labute approximate surface area is 130 Å². The molecule has 1 atom stereocenters. The second-order valence-corrected chi connectivity index (χ2v) is 6.25. The number of hydrogen-bond acceptors (Lipinski definition) is 3. The van der Waals surface area contributed by atoms with E-state index in [1.807, 2.05) is 24.7 Å². The second-order valence-electron chi connectivity index (χ2n) is 6.25. The number of nitrogens with zero attached hydrogens (tertiary/aromatic N) is 3. The molecule has 4 nitrogen and oxygen atoms in total. The molecule has 0 radical (unpaired) electrons. The Hall–Kier alpha value is -2.20. The predicted octanol–water partition coefficient (Wildman–Crippen LogP) is 3.02. The third-order valence-corrected chi connectivity index (χ3v) is 4.53. The molecule has 0 aliphatic carbocycles. The maximum atomic E-state index is 4.21. The van der Waals surface area contributed by atoms with Crippen molar-refractivity contribution in [3.8, 4) is 0 Å². The number of fused-ring (bicyclic) bond motifs is 1. The van der Waals surface area contributed by atoms with Crippen LogP contribution in [0.1, 0.15) is 17.5 Å². The minimum atomic E-state index is 0.750. The SMILES string of the molecule is c1cncc(CC2CCN(Cc3ccc4cn[nH]c4c3)C2)c1. The van der Waals surface area contributed by atoms with Gasteiger partial charge in [0.25, 0.3) is 0 Å². The maximum absolute atomic E-state index is 4.21. The van der Waals surface area contributed by atoms with Crippen molar-refractivity contribution in [2.75, 3.05) is 13.1 Å². The highest BCUT2D eigenvalue weighted by Gasteiger charge is 2.22. The van der Waals surface area contributed by atoms with E-state index in [0.717, 1.165) is 24.4 Å². The molecule has 112 valence electrons. The van der Waals surface area contributed by atoms with Crippen LogP contribution in [0.15, 0.2) is 48.9 Å². The summed E-state index contributed by atoms with van der Waals surface area (Å²) in [5, 5.41) is 8.32. The minimum Gasteiger partial charge on any atom is -0.299 e. The van der Waals surface area contributed by atoms with Gasteiger partial charge in [-0.25, -0.2) is 0 Å². The summed E-state index contributed by atoms with van der Waals surface area (Å²) in [6.45, 7) is 3.39. The number of nitrogens with one attached hydrogen (secondary N) is 1. The van der Waals surface area contributed by atoms with Crippen LogP contribution in [0.25, 0.3) is 10.9 Å². The van der Waals surface area contributed by atoms with Gasteiger partial charge in [0.15, 0.2) is 0 Å². The van der Waals surface area contributed by atoms with Gasteiger partial charge in [-0.3, -0.25) is 15.0 Å². The average molecular weight is 292 g/mol. The Morgan fingerprint density at radius 2 is 2.18 bits per heavy atom. The van der Waals surface area contributed by atoms with Crippen LogP contribution in [-0.2, 0) is 13.0 Å². The first-order valence-electron chi connectivity index (χ1n) is 7.90. The van der Waals surface area contributed by atoms with Crippen molar-refractivity contribution < 1.29 is 0 Å². The first kappa shape index (κ1) is 13.5. The van der Waals surface area contributed by atoms with E-state index in [2.05, 4.69) is 44.3 Å². The van der Waals surface area contributed by atoms with Gasteiger partial charge in [-0.15, -0.1) is 0 Å². The molecular formula is C18H20N4. The summed E-state index contributed by atoms with van der Waals surface area (Å²) in [6.07, 6.45) is 8.13. The number of aromatic nitrogens is 3. The molecule has 1 aliphatic rings. The van der Waals surface area contributed by atoms with Crippen LogP contribution in [0.2, 0.25) is 0 Å². The predicted molar refractivity (Wildman–Crippen MR) is 87.4 cm³/mol. The van der Waals surface area contributed by atoms with Crippen molar-refractivity contribution in [1.29, 1.82) is 0 Å². The molecule has 4 rings (SSSR count). The number of hydrogen-bond donors (Lipinski definition) is 1. The highest BCUT2D eigenvalue weighted by Crippen LogP contribution is 2.23. The molecular weight excluding hydrogens is 272 g/mol. The van der Waals surface area contributed by atoms with E-state index in [1.54, 1.807) is 0 Å². The van der Waals surface area contributed by atoms with Gasteiger partial charge in [-0.2, -0.15) is 5.10 Å². The molecule has 0 saturated carbocycles. The molecule has 2 aromatic heterocycles. The van der Waals surface area contributed by atoms with Crippen LogP contribution in [0.3, 0.4) is 0 Å². The first-order valence-corrected chi connectivity index (χ1v) is 7.90. The van der Waals surface area contributed by atoms with Crippen LogP contribution in [0.5, 0.6) is 0 Å². The van der Waals surface area contributed by atoms with Crippen molar-refractivity contribution in [2.24, 2.45) is 5.92 Å². The van der Waals surface area contributed by atoms with Gasteiger partial charge in [0, 0.05) is 30.9 Å². The Kier molecular flexibility index (Phi) is 3.60. The van der Waals surface area contributed by atoms with Gasteiger partial charge >= 0.3 is 0 Å². The van der Waals surface area contributed by atoms with Crippen molar-refractivity contribution in [3.63, 3.8) is 0 Å². The topological polar surface area (TPSA) is 44.8 Å². The zero-order chi connectivity index (χ0) is 14.8. The quantitative estimate of drug-likeness (QED) is 0.804.